The molecule has 0 bridgehead atoms. The van der Waals surface area contributed by atoms with E-state index in [1.54, 1.807) is 0 Å². The highest BCUT2D eigenvalue weighted by molar-refractivity contribution is 6.31. The number of carbonyl (C=O) groups excluding carboxylic acids is 4. The summed E-state index contributed by atoms with van der Waals surface area (Å²) in [5.41, 5.74) is -3.88. The minimum absolute atomic E-state index is 0.0526. The zero-order valence-electron chi connectivity index (χ0n) is 19.8. The van der Waals surface area contributed by atoms with Gasteiger partial charge in [-0.2, -0.15) is 0 Å². The number of aliphatic hydroxyl groups excluding tert-OH is 1. The molecule has 4 rings (SSSR count). The Balaban J connectivity index is 1.75. The van der Waals surface area contributed by atoms with E-state index < -0.39 is 77.1 Å². The smallest absolute Gasteiger partial charge is 0.306 e. The van der Waals surface area contributed by atoms with Gasteiger partial charge in [-0.25, -0.2) is 0 Å². The quantitative estimate of drug-likeness (QED) is 0.279. The number of unbranched alkanes of at least 4 members (excludes halogenated alkanes) is 1. The zero-order valence-corrected chi connectivity index (χ0v) is 19.8. The number of phenolic OH excluding ortho intramolecular Hbond substituents is 2. The number of hydrogen-bond donors (Lipinski definition) is 4. The fourth-order valence-corrected chi connectivity index (χ4v) is 4.83. The summed E-state index contributed by atoms with van der Waals surface area (Å²) in [6.07, 6.45) is -1.40. The van der Waals surface area contributed by atoms with Gasteiger partial charge < -0.3 is 29.9 Å². The van der Waals surface area contributed by atoms with Crippen LogP contribution in [0, 0.1) is 0 Å². The van der Waals surface area contributed by atoms with Crippen molar-refractivity contribution in [3.8, 4) is 17.2 Å². The number of esters is 1. The van der Waals surface area contributed by atoms with E-state index >= 15 is 0 Å². The molecule has 2 atom stereocenters. The summed E-state index contributed by atoms with van der Waals surface area (Å²) in [7, 11) is 1.32. The molecule has 0 saturated heterocycles. The number of ketones is 3. The third-order valence-corrected chi connectivity index (χ3v) is 6.71. The second-order valence-corrected chi connectivity index (χ2v) is 9.00. The number of ether oxygens (including phenoxy) is 2. The van der Waals surface area contributed by atoms with E-state index in [2.05, 4.69) is 0 Å². The lowest BCUT2D eigenvalue weighted by atomic mass is 9.72. The van der Waals surface area contributed by atoms with Gasteiger partial charge in [0.15, 0.2) is 12.4 Å². The van der Waals surface area contributed by atoms with E-state index in [-0.39, 0.29) is 34.4 Å². The van der Waals surface area contributed by atoms with Crippen LogP contribution >= 0.6 is 0 Å². The predicted octanol–water partition coefficient (Wildman–Crippen LogP) is 1.89. The van der Waals surface area contributed by atoms with Crippen molar-refractivity contribution in [2.75, 3.05) is 13.7 Å². The molecule has 0 heterocycles. The molecular weight excluding hydrogens is 472 g/mol. The molecule has 190 valence electrons. The minimum atomic E-state index is -2.25. The molecule has 0 saturated carbocycles. The average molecular weight is 498 g/mol. The van der Waals surface area contributed by atoms with Crippen molar-refractivity contribution in [2.24, 2.45) is 0 Å². The maximum atomic E-state index is 13.3. The van der Waals surface area contributed by atoms with Crippen LogP contribution in [0.15, 0.2) is 18.2 Å². The Labute approximate surface area is 206 Å². The molecule has 0 aliphatic heterocycles. The number of carbonyl (C=O) groups is 4. The molecule has 2 aliphatic carbocycles. The third kappa shape index (κ3) is 3.92. The summed E-state index contributed by atoms with van der Waals surface area (Å²) in [5.74, 6) is -4.42. The molecule has 0 amide bonds. The number of fused-ring (bicyclic) bond motifs is 3. The molecule has 2 aromatic carbocycles. The number of Topliss-reactive ketones (excluding diaryl/α,β-unsaturated/α-hetero) is 1. The maximum Gasteiger partial charge on any atom is 0.306 e. The number of benzene rings is 2. The van der Waals surface area contributed by atoms with E-state index in [0.29, 0.717) is 6.42 Å². The summed E-state index contributed by atoms with van der Waals surface area (Å²) in [6, 6.07) is 4.34. The van der Waals surface area contributed by atoms with Crippen molar-refractivity contribution < 1.29 is 49.1 Å². The van der Waals surface area contributed by atoms with Crippen LogP contribution in [0.5, 0.6) is 17.2 Å². The van der Waals surface area contributed by atoms with Gasteiger partial charge in [0, 0.05) is 36.0 Å². The van der Waals surface area contributed by atoms with Crippen LogP contribution in [-0.2, 0) is 20.7 Å². The molecular formula is C26H26O10. The summed E-state index contributed by atoms with van der Waals surface area (Å²) in [4.78, 5) is 51.2. The fourth-order valence-electron chi connectivity index (χ4n) is 4.83. The number of aromatic hydroxyl groups is 2. The van der Waals surface area contributed by atoms with Gasteiger partial charge in [0.2, 0.25) is 11.6 Å². The van der Waals surface area contributed by atoms with Crippen molar-refractivity contribution in [3.05, 3.63) is 51.6 Å². The van der Waals surface area contributed by atoms with E-state index in [1.165, 1.54) is 25.3 Å². The van der Waals surface area contributed by atoms with Crippen molar-refractivity contribution in [3.63, 3.8) is 0 Å². The number of phenols is 2. The first-order valence-corrected chi connectivity index (χ1v) is 11.5. The van der Waals surface area contributed by atoms with Gasteiger partial charge in [0.1, 0.15) is 22.8 Å². The minimum Gasteiger partial charge on any atom is -0.507 e. The highest BCUT2D eigenvalue weighted by Crippen LogP contribution is 2.51. The van der Waals surface area contributed by atoms with Crippen molar-refractivity contribution in [1.82, 2.24) is 0 Å². The standard InChI is InChI=1S/C26H26O10/c1-3-4-8-17(29)36-11-16(28)26(34)9-13-18(14(27)10-26)24(32)21-20(23(13)31)22(30)12-6-5-7-15(35-2)19(12)25(21)33/h5-7,14,27,31-32,34H,3-4,8-11H2,1-2H3/t14?,26-/m0/s1. The van der Waals surface area contributed by atoms with Crippen molar-refractivity contribution >= 4 is 23.3 Å². The molecule has 4 N–H and O–H groups in total. The lowest BCUT2D eigenvalue weighted by Gasteiger charge is -2.37. The maximum absolute atomic E-state index is 13.3. The molecule has 36 heavy (non-hydrogen) atoms. The predicted molar refractivity (Wildman–Crippen MR) is 123 cm³/mol. The zero-order chi connectivity index (χ0) is 26.4. The van der Waals surface area contributed by atoms with E-state index in [4.69, 9.17) is 9.47 Å². The normalized spacial score (nSPS) is 20.3. The molecule has 0 radical (unpaired) electrons. The van der Waals surface area contributed by atoms with E-state index in [9.17, 15) is 39.6 Å². The Morgan fingerprint density at radius 2 is 1.78 bits per heavy atom. The monoisotopic (exact) mass is 498 g/mol. The number of rotatable bonds is 7. The molecule has 10 nitrogen and oxygen atoms in total. The number of hydrogen-bond acceptors (Lipinski definition) is 10. The Hall–Kier alpha value is -3.76. The second-order valence-electron chi connectivity index (χ2n) is 9.00. The fraction of sp³-hybridized carbons (Fsp3) is 0.385. The number of methoxy groups -OCH3 is 1. The van der Waals surface area contributed by atoms with Crippen LogP contribution in [0.1, 0.15) is 81.7 Å². The summed E-state index contributed by atoms with van der Waals surface area (Å²) >= 11 is 0. The van der Waals surface area contributed by atoms with Crippen molar-refractivity contribution in [2.45, 2.75) is 50.7 Å². The Morgan fingerprint density at radius 1 is 1.08 bits per heavy atom. The SMILES string of the molecule is CCCCC(=O)OCC(=O)[C@]1(O)Cc2c(O)c3c(c(O)c2C(O)C1)C(=O)c1c(OC)cccc1C3=O. The van der Waals surface area contributed by atoms with Gasteiger partial charge in [0.25, 0.3) is 0 Å². The first kappa shape index (κ1) is 25.3. The van der Waals surface area contributed by atoms with E-state index in [1.807, 2.05) is 6.92 Å². The number of aliphatic hydroxyl groups is 2. The summed E-state index contributed by atoms with van der Waals surface area (Å²) in [6.45, 7) is 1.14. The van der Waals surface area contributed by atoms with Crippen LogP contribution in [-0.4, -0.2) is 63.1 Å². The summed E-state index contributed by atoms with van der Waals surface area (Å²) < 4.78 is 10.1. The molecule has 0 spiro atoms. The third-order valence-electron chi connectivity index (χ3n) is 6.71. The van der Waals surface area contributed by atoms with Gasteiger partial charge >= 0.3 is 5.97 Å². The van der Waals surface area contributed by atoms with E-state index in [0.717, 1.165) is 6.42 Å². The Kier molecular flexibility index (Phi) is 6.59. The van der Waals surface area contributed by atoms with Crippen LogP contribution in [0.4, 0.5) is 0 Å². The van der Waals surface area contributed by atoms with Crippen molar-refractivity contribution in [1.29, 1.82) is 0 Å². The lowest BCUT2D eigenvalue weighted by Crippen LogP contribution is -2.47. The van der Waals surface area contributed by atoms with Crippen LogP contribution < -0.4 is 4.74 Å². The average Bonchev–Trinajstić information content (AvgIpc) is 2.85. The molecule has 0 aromatic heterocycles. The van der Waals surface area contributed by atoms with Gasteiger partial charge in [-0.05, 0) is 12.5 Å². The van der Waals surface area contributed by atoms with Crippen LogP contribution in [0.25, 0.3) is 0 Å². The van der Waals surface area contributed by atoms with Gasteiger partial charge in [-0.3, -0.25) is 19.2 Å². The molecule has 2 aromatic rings. The topological polar surface area (TPSA) is 168 Å². The lowest BCUT2D eigenvalue weighted by molar-refractivity contribution is -0.156. The first-order chi connectivity index (χ1) is 17.1. The first-order valence-electron chi connectivity index (χ1n) is 11.5. The van der Waals surface area contributed by atoms with Gasteiger partial charge in [0.05, 0.1) is 29.9 Å². The largest absolute Gasteiger partial charge is 0.507 e. The van der Waals surface area contributed by atoms with Crippen LogP contribution in [0.3, 0.4) is 0 Å². The second kappa shape index (κ2) is 9.36. The Bertz CT molecular complexity index is 1290. The molecule has 10 heteroatoms. The molecule has 2 aliphatic rings. The van der Waals surface area contributed by atoms with Crippen LogP contribution in [0.2, 0.25) is 0 Å². The molecule has 1 unspecified atom stereocenters. The van der Waals surface area contributed by atoms with Gasteiger partial charge in [-0.15, -0.1) is 0 Å². The van der Waals surface area contributed by atoms with Gasteiger partial charge in [-0.1, -0.05) is 25.5 Å². The summed E-state index contributed by atoms with van der Waals surface area (Å²) in [5, 5.41) is 43.9. The molecule has 0 fully saturated rings. The Morgan fingerprint density at radius 3 is 2.44 bits per heavy atom. The highest BCUT2D eigenvalue weighted by atomic mass is 16.5. The highest BCUT2D eigenvalue weighted by Gasteiger charge is 2.48.